The zero-order chi connectivity index (χ0) is 14.2. The third-order valence-corrected chi connectivity index (χ3v) is 4.71. The monoisotopic (exact) mass is 300 g/mol. The van der Waals surface area contributed by atoms with E-state index in [1.165, 1.54) is 17.7 Å². The lowest BCUT2D eigenvalue weighted by Gasteiger charge is -2.28. The first-order chi connectivity index (χ1) is 10.3. The van der Waals surface area contributed by atoms with Crippen LogP contribution in [-0.4, -0.2) is 23.5 Å². The minimum atomic E-state index is 0.00144. The molecule has 2 aromatic rings. The van der Waals surface area contributed by atoms with E-state index in [0.717, 1.165) is 23.1 Å². The predicted octanol–water partition coefficient (Wildman–Crippen LogP) is 2.49. The molecule has 1 aliphatic carbocycles. The summed E-state index contributed by atoms with van der Waals surface area (Å²) < 4.78 is 0. The standard InChI is InChI=1S/C15H16N4OS/c20-14-9-19(13-4-2-1-3-12(13)18-14)15-17-8-11(21-15)7-16-10-5-6-10/h1-4,8,10,16H,5-7,9H2,(H,18,20). The molecule has 0 saturated heterocycles. The Morgan fingerprint density at radius 3 is 3.10 bits per heavy atom. The van der Waals surface area contributed by atoms with Crippen molar-refractivity contribution < 1.29 is 4.79 Å². The molecule has 4 rings (SSSR count). The van der Waals surface area contributed by atoms with Crippen LogP contribution in [0.1, 0.15) is 17.7 Å². The number of aromatic nitrogens is 1. The number of rotatable bonds is 4. The lowest BCUT2D eigenvalue weighted by atomic mass is 10.2. The minimum Gasteiger partial charge on any atom is -0.323 e. The van der Waals surface area contributed by atoms with Gasteiger partial charge in [0.1, 0.15) is 6.54 Å². The molecule has 1 fully saturated rings. The van der Waals surface area contributed by atoms with Crippen LogP contribution in [-0.2, 0) is 11.3 Å². The van der Waals surface area contributed by atoms with E-state index in [1.807, 2.05) is 35.4 Å². The number of benzene rings is 1. The Morgan fingerprint density at radius 1 is 1.38 bits per heavy atom. The quantitative estimate of drug-likeness (QED) is 0.911. The zero-order valence-corrected chi connectivity index (χ0v) is 12.3. The highest BCUT2D eigenvalue weighted by Gasteiger charge is 2.25. The van der Waals surface area contributed by atoms with E-state index in [1.54, 1.807) is 11.3 Å². The van der Waals surface area contributed by atoms with Gasteiger partial charge in [0.2, 0.25) is 5.91 Å². The summed E-state index contributed by atoms with van der Waals surface area (Å²) in [6.07, 6.45) is 4.47. The van der Waals surface area contributed by atoms with E-state index in [9.17, 15) is 4.79 Å². The first-order valence-corrected chi connectivity index (χ1v) is 7.96. The van der Waals surface area contributed by atoms with Crippen LogP contribution in [0.15, 0.2) is 30.5 Å². The minimum absolute atomic E-state index is 0.00144. The maximum absolute atomic E-state index is 11.9. The third-order valence-electron chi connectivity index (χ3n) is 3.69. The van der Waals surface area contributed by atoms with E-state index in [-0.39, 0.29) is 5.91 Å². The highest BCUT2D eigenvalue weighted by Crippen LogP contribution is 2.36. The molecule has 1 amide bonds. The average Bonchev–Trinajstić information content (AvgIpc) is 3.21. The molecule has 0 radical (unpaired) electrons. The second kappa shape index (κ2) is 5.13. The van der Waals surface area contributed by atoms with Crippen molar-refractivity contribution in [2.75, 3.05) is 16.8 Å². The van der Waals surface area contributed by atoms with Gasteiger partial charge in [0.15, 0.2) is 5.13 Å². The number of fused-ring (bicyclic) bond motifs is 1. The van der Waals surface area contributed by atoms with E-state index < -0.39 is 0 Å². The molecule has 2 aliphatic rings. The summed E-state index contributed by atoms with van der Waals surface area (Å²) in [5.74, 6) is 0.00144. The number of nitrogens with one attached hydrogen (secondary N) is 2. The van der Waals surface area contributed by atoms with E-state index in [4.69, 9.17) is 0 Å². The van der Waals surface area contributed by atoms with Gasteiger partial charge in [0.25, 0.3) is 0 Å². The number of carbonyl (C=O) groups excluding carboxylic acids is 1. The predicted molar refractivity (Wildman–Crippen MR) is 84.1 cm³/mol. The molecule has 5 nitrogen and oxygen atoms in total. The van der Waals surface area contributed by atoms with Crippen LogP contribution in [0, 0.1) is 0 Å². The molecule has 0 spiro atoms. The Bertz CT molecular complexity index is 680. The number of thiazole rings is 1. The van der Waals surface area contributed by atoms with Crippen molar-refractivity contribution in [3.05, 3.63) is 35.3 Å². The highest BCUT2D eigenvalue weighted by molar-refractivity contribution is 7.15. The van der Waals surface area contributed by atoms with Crippen LogP contribution in [0.2, 0.25) is 0 Å². The fourth-order valence-corrected chi connectivity index (χ4v) is 3.31. The van der Waals surface area contributed by atoms with E-state index in [2.05, 4.69) is 15.6 Å². The normalized spacial score (nSPS) is 17.5. The molecule has 2 heterocycles. The Labute approximate surface area is 127 Å². The van der Waals surface area contributed by atoms with Gasteiger partial charge < -0.3 is 15.5 Å². The van der Waals surface area contributed by atoms with Crippen molar-refractivity contribution in [1.82, 2.24) is 10.3 Å². The van der Waals surface area contributed by atoms with Gasteiger partial charge in [-0.3, -0.25) is 4.79 Å². The Hall–Kier alpha value is -1.92. The number of para-hydroxylation sites is 2. The summed E-state index contributed by atoms with van der Waals surface area (Å²) in [4.78, 5) is 19.5. The van der Waals surface area contributed by atoms with Crippen LogP contribution in [0.5, 0.6) is 0 Å². The number of nitrogens with zero attached hydrogens (tertiary/aromatic N) is 2. The molecule has 0 bridgehead atoms. The summed E-state index contributed by atoms with van der Waals surface area (Å²) >= 11 is 1.65. The van der Waals surface area contributed by atoms with Gasteiger partial charge in [-0.05, 0) is 25.0 Å². The fraction of sp³-hybridized carbons (Fsp3) is 0.333. The molecule has 108 valence electrons. The summed E-state index contributed by atoms with van der Waals surface area (Å²) in [7, 11) is 0. The average molecular weight is 300 g/mol. The lowest BCUT2D eigenvalue weighted by molar-refractivity contribution is -0.115. The zero-order valence-electron chi connectivity index (χ0n) is 11.5. The molecule has 1 aromatic carbocycles. The molecule has 1 aliphatic heterocycles. The number of carbonyl (C=O) groups is 1. The van der Waals surface area contributed by atoms with Crippen molar-refractivity contribution in [1.29, 1.82) is 0 Å². The van der Waals surface area contributed by atoms with E-state index >= 15 is 0 Å². The van der Waals surface area contributed by atoms with Crippen molar-refractivity contribution in [2.45, 2.75) is 25.4 Å². The van der Waals surface area contributed by atoms with Crippen LogP contribution in [0.4, 0.5) is 16.5 Å². The van der Waals surface area contributed by atoms with E-state index in [0.29, 0.717) is 12.6 Å². The number of amides is 1. The molecular weight excluding hydrogens is 284 g/mol. The SMILES string of the molecule is O=C1CN(c2ncc(CNC3CC3)s2)c2ccccc2N1. The second-order valence-corrected chi connectivity index (χ2v) is 6.51. The Morgan fingerprint density at radius 2 is 2.24 bits per heavy atom. The highest BCUT2D eigenvalue weighted by atomic mass is 32.1. The van der Waals surface area contributed by atoms with Crippen molar-refractivity contribution in [3.63, 3.8) is 0 Å². The summed E-state index contributed by atoms with van der Waals surface area (Å²) in [5, 5.41) is 7.27. The molecule has 6 heteroatoms. The summed E-state index contributed by atoms with van der Waals surface area (Å²) in [5.41, 5.74) is 1.86. The molecule has 1 saturated carbocycles. The van der Waals surface area contributed by atoms with Gasteiger partial charge >= 0.3 is 0 Å². The first-order valence-electron chi connectivity index (χ1n) is 7.14. The molecule has 1 aromatic heterocycles. The molecule has 0 unspecified atom stereocenters. The van der Waals surface area contributed by atoms with Gasteiger partial charge in [-0.2, -0.15) is 0 Å². The molecular formula is C15H16N4OS. The van der Waals surface area contributed by atoms with Gasteiger partial charge in [-0.15, -0.1) is 11.3 Å². The largest absolute Gasteiger partial charge is 0.323 e. The van der Waals surface area contributed by atoms with Crippen molar-refractivity contribution in [3.8, 4) is 0 Å². The van der Waals surface area contributed by atoms with Crippen LogP contribution in [0.25, 0.3) is 0 Å². The van der Waals surface area contributed by atoms with Crippen LogP contribution in [0.3, 0.4) is 0 Å². The Balaban J connectivity index is 1.59. The van der Waals surface area contributed by atoms with Gasteiger partial charge in [-0.25, -0.2) is 4.98 Å². The fourth-order valence-electron chi connectivity index (χ4n) is 2.44. The van der Waals surface area contributed by atoms with Crippen LogP contribution >= 0.6 is 11.3 Å². The molecule has 2 N–H and O–H groups in total. The van der Waals surface area contributed by atoms with Crippen LogP contribution < -0.4 is 15.5 Å². The van der Waals surface area contributed by atoms with Gasteiger partial charge in [0, 0.05) is 23.7 Å². The molecule has 0 atom stereocenters. The van der Waals surface area contributed by atoms with Gasteiger partial charge in [0.05, 0.1) is 11.4 Å². The second-order valence-electron chi connectivity index (χ2n) is 5.42. The van der Waals surface area contributed by atoms with Crippen molar-refractivity contribution in [2.24, 2.45) is 0 Å². The summed E-state index contributed by atoms with van der Waals surface area (Å²) in [6.45, 7) is 1.18. The first kappa shape index (κ1) is 12.8. The number of hydrogen-bond donors (Lipinski definition) is 2. The maximum atomic E-state index is 11.9. The van der Waals surface area contributed by atoms with Gasteiger partial charge in [-0.1, -0.05) is 12.1 Å². The maximum Gasteiger partial charge on any atom is 0.244 e. The smallest absolute Gasteiger partial charge is 0.244 e. The summed E-state index contributed by atoms with van der Waals surface area (Å²) in [6, 6.07) is 8.53. The van der Waals surface area contributed by atoms with Crippen molar-refractivity contribution >= 4 is 33.8 Å². The number of anilines is 3. The Kier molecular flexibility index (Phi) is 3.12. The topological polar surface area (TPSA) is 57.3 Å². The molecule has 21 heavy (non-hydrogen) atoms. The lowest BCUT2D eigenvalue weighted by Crippen LogP contribution is -2.34. The third kappa shape index (κ3) is 2.64. The number of hydrogen-bond acceptors (Lipinski definition) is 5.